The van der Waals surface area contributed by atoms with Crippen LogP contribution < -0.4 is 5.32 Å². The Morgan fingerprint density at radius 2 is 1.72 bits per heavy atom. The molecule has 7 nitrogen and oxygen atoms in total. The number of fused-ring (bicyclic) bond motifs is 1. The van der Waals surface area contributed by atoms with Crippen LogP contribution in [0.5, 0.6) is 0 Å². The molecule has 140 valence electrons. The molecule has 0 fully saturated rings. The zero-order valence-corrected chi connectivity index (χ0v) is 15.1. The normalized spacial score (nSPS) is 10.9. The van der Waals surface area contributed by atoms with Gasteiger partial charge in [0.25, 0.3) is 11.8 Å². The molecule has 0 bridgehead atoms. The maximum Gasteiger partial charge on any atom is 0.274 e. The summed E-state index contributed by atoms with van der Waals surface area (Å²) in [5, 5.41) is 7.80. The molecule has 1 N–H and O–H groups in total. The predicted octanol–water partition coefficient (Wildman–Crippen LogP) is 4.80. The molecule has 0 radical (unpaired) electrons. The van der Waals surface area contributed by atoms with Crippen molar-refractivity contribution in [2.45, 2.75) is 0 Å². The van der Waals surface area contributed by atoms with Crippen molar-refractivity contribution in [3.8, 4) is 23.0 Å². The van der Waals surface area contributed by atoms with Crippen molar-refractivity contribution < 1.29 is 13.7 Å². The topological polar surface area (TPSA) is 94.1 Å². The van der Waals surface area contributed by atoms with Gasteiger partial charge in [0.05, 0.1) is 23.0 Å². The van der Waals surface area contributed by atoms with Gasteiger partial charge in [0.2, 0.25) is 5.82 Å². The zero-order chi connectivity index (χ0) is 19.6. The number of rotatable bonds is 4. The van der Waals surface area contributed by atoms with E-state index in [0.717, 1.165) is 10.9 Å². The lowest BCUT2D eigenvalue weighted by Gasteiger charge is -2.08. The fourth-order valence-electron chi connectivity index (χ4n) is 3.00. The Bertz CT molecular complexity index is 1310. The van der Waals surface area contributed by atoms with Crippen molar-refractivity contribution in [3.63, 3.8) is 0 Å². The summed E-state index contributed by atoms with van der Waals surface area (Å²) in [5.41, 5.74) is 2.22. The van der Waals surface area contributed by atoms with Crippen LogP contribution in [0.3, 0.4) is 0 Å². The van der Waals surface area contributed by atoms with Crippen LogP contribution in [-0.2, 0) is 0 Å². The molecule has 0 saturated heterocycles. The molecule has 0 unspecified atom stereocenters. The van der Waals surface area contributed by atoms with E-state index in [2.05, 4.69) is 20.4 Å². The monoisotopic (exact) mass is 382 g/mol. The molecule has 7 heteroatoms. The summed E-state index contributed by atoms with van der Waals surface area (Å²) in [6.45, 7) is 0. The van der Waals surface area contributed by atoms with Crippen LogP contribution in [-0.4, -0.2) is 21.0 Å². The first-order valence-corrected chi connectivity index (χ1v) is 8.92. The molecule has 0 aliphatic rings. The highest BCUT2D eigenvalue weighted by Gasteiger charge is 2.17. The summed E-state index contributed by atoms with van der Waals surface area (Å²) >= 11 is 0. The number of aromatic nitrogens is 3. The Hall–Kier alpha value is -4.26. The number of carbonyl (C=O) groups is 1. The van der Waals surface area contributed by atoms with Crippen LogP contribution in [0.2, 0.25) is 0 Å². The molecular weight excluding hydrogens is 368 g/mol. The zero-order valence-electron chi connectivity index (χ0n) is 15.1. The number of hydrogen-bond donors (Lipinski definition) is 1. The molecule has 29 heavy (non-hydrogen) atoms. The quantitative estimate of drug-likeness (QED) is 0.480. The van der Waals surface area contributed by atoms with Gasteiger partial charge in [0.1, 0.15) is 5.69 Å². The van der Waals surface area contributed by atoms with E-state index in [4.69, 9.17) is 8.94 Å². The Kier molecular flexibility index (Phi) is 4.10. The number of anilines is 1. The summed E-state index contributed by atoms with van der Waals surface area (Å²) in [6.07, 6.45) is 1.54. The lowest BCUT2D eigenvalue weighted by atomic mass is 10.1. The second-order valence-electron chi connectivity index (χ2n) is 6.29. The molecule has 5 aromatic rings. The van der Waals surface area contributed by atoms with Gasteiger partial charge in [-0.25, -0.2) is 4.98 Å². The highest BCUT2D eigenvalue weighted by molar-refractivity contribution is 6.05. The SMILES string of the molecule is O=C(Nc1ccccc1-c1nc(-c2ccco2)no1)c1ccc2ccccc2n1. The number of carbonyl (C=O) groups excluding carboxylic acids is 1. The van der Waals surface area contributed by atoms with E-state index in [1.807, 2.05) is 42.5 Å². The van der Waals surface area contributed by atoms with Crippen molar-refractivity contribution in [2.24, 2.45) is 0 Å². The van der Waals surface area contributed by atoms with Crippen molar-refractivity contribution in [1.29, 1.82) is 0 Å². The van der Waals surface area contributed by atoms with E-state index < -0.39 is 0 Å². The second-order valence-corrected chi connectivity index (χ2v) is 6.29. The van der Waals surface area contributed by atoms with Crippen molar-refractivity contribution in [2.75, 3.05) is 5.32 Å². The maximum absolute atomic E-state index is 12.8. The minimum atomic E-state index is -0.325. The van der Waals surface area contributed by atoms with Crippen LogP contribution in [0.4, 0.5) is 5.69 Å². The van der Waals surface area contributed by atoms with Crippen molar-refractivity contribution in [3.05, 3.63) is 84.8 Å². The summed E-state index contributed by atoms with van der Waals surface area (Å²) in [4.78, 5) is 21.6. The van der Waals surface area contributed by atoms with Crippen molar-refractivity contribution in [1.82, 2.24) is 15.1 Å². The lowest BCUT2D eigenvalue weighted by Crippen LogP contribution is -2.14. The number of para-hydroxylation sites is 2. The summed E-state index contributed by atoms with van der Waals surface area (Å²) in [6, 6.07) is 21.9. The van der Waals surface area contributed by atoms with Gasteiger partial charge in [-0.15, -0.1) is 0 Å². The summed E-state index contributed by atoms with van der Waals surface area (Å²) in [7, 11) is 0. The summed E-state index contributed by atoms with van der Waals surface area (Å²) < 4.78 is 10.7. The Balaban J connectivity index is 1.45. The highest BCUT2D eigenvalue weighted by atomic mass is 16.5. The molecule has 0 aliphatic carbocycles. The Morgan fingerprint density at radius 1 is 0.862 bits per heavy atom. The third-order valence-corrected chi connectivity index (χ3v) is 4.40. The van der Waals surface area contributed by atoms with Crippen LogP contribution in [0.1, 0.15) is 10.5 Å². The van der Waals surface area contributed by atoms with Gasteiger partial charge in [-0.1, -0.05) is 41.6 Å². The van der Waals surface area contributed by atoms with Gasteiger partial charge in [-0.2, -0.15) is 4.98 Å². The van der Waals surface area contributed by atoms with E-state index in [9.17, 15) is 4.79 Å². The highest BCUT2D eigenvalue weighted by Crippen LogP contribution is 2.29. The number of hydrogen-bond acceptors (Lipinski definition) is 6. The van der Waals surface area contributed by atoms with Crippen LogP contribution >= 0.6 is 0 Å². The van der Waals surface area contributed by atoms with Gasteiger partial charge in [-0.3, -0.25) is 4.79 Å². The largest absolute Gasteiger partial charge is 0.461 e. The average molecular weight is 382 g/mol. The van der Waals surface area contributed by atoms with Crippen LogP contribution in [0.15, 0.2) is 88.0 Å². The van der Waals surface area contributed by atoms with Gasteiger partial charge in [0.15, 0.2) is 5.76 Å². The maximum atomic E-state index is 12.8. The molecule has 0 spiro atoms. The van der Waals surface area contributed by atoms with E-state index >= 15 is 0 Å². The number of nitrogens with one attached hydrogen (secondary N) is 1. The van der Waals surface area contributed by atoms with Gasteiger partial charge >= 0.3 is 0 Å². The molecule has 5 rings (SSSR count). The smallest absolute Gasteiger partial charge is 0.274 e. The first kappa shape index (κ1) is 16.9. The molecule has 1 amide bonds. The molecule has 0 saturated carbocycles. The van der Waals surface area contributed by atoms with E-state index in [1.54, 1.807) is 30.3 Å². The minimum Gasteiger partial charge on any atom is -0.461 e. The summed E-state index contributed by atoms with van der Waals surface area (Å²) in [5.74, 6) is 0.789. The molecule has 0 atom stereocenters. The third-order valence-electron chi connectivity index (χ3n) is 4.40. The Morgan fingerprint density at radius 3 is 2.62 bits per heavy atom. The number of nitrogens with zero attached hydrogens (tertiary/aromatic N) is 3. The molecule has 3 aromatic heterocycles. The predicted molar refractivity (Wildman–Crippen MR) is 107 cm³/mol. The molecular formula is C22H14N4O3. The van der Waals surface area contributed by atoms with Gasteiger partial charge in [-0.05, 0) is 36.4 Å². The number of pyridine rings is 1. The standard InChI is InChI=1S/C22H14N4O3/c27-21(18-12-11-14-6-1-3-8-16(14)23-18)24-17-9-4-2-7-15(17)22-25-20(26-29-22)19-10-5-13-28-19/h1-13H,(H,24,27). The Labute approximate surface area is 165 Å². The molecule has 2 aromatic carbocycles. The fraction of sp³-hybridized carbons (Fsp3) is 0. The van der Waals surface area contributed by atoms with Crippen LogP contribution in [0, 0.1) is 0 Å². The van der Waals surface area contributed by atoms with E-state index in [-0.39, 0.29) is 11.8 Å². The van der Waals surface area contributed by atoms with Gasteiger partial charge < -0.3 is 14.3 Å². The minimum absolute atomic E-state index is 0.277. The lowest BCUT2D eigenvalue weighted by molar-refractivity contribution is 0.102. The van der Waals surface area contributed by atoms with Crippen molar-refractivity contribution >= 4 is 22.5 Å². The third kappa shape index (κ3) is 3.25. The van der Waals surface area contributed by atoms with Crippen LogP contribution in [0.25, 0.3) is 33.9 Å². The van der Waals surface area contributed by atoms with E-state index in [0.29, 0.717) is 28.5 Å². The first-order chi connectivity index (χ1) is 14.3. The molecule has 0 aliphatic heterocycles. The molecule has 3 heterocycles. The van der Waals surface area contributed by atoms with E-state index in [1.165, 1.54) is 6.26 Å². The second kappa shape index (κ2) is 7.05. The first-order valence-electron chi connectivity index (χ1n) is 8.92. The average Bonchev–Trinajstić information content (AvgIpc) is 3.46. The fourth-order valence-corrected chi connectivity index (χ4v) is 3.00. The number of furan rings is 1. The number of benzene rings is 2. The number of amides is 1. The van der Waals surface area contributed by atoms with Gasteiger partial charge in [0, 0.05) is 5.39 Å².